The van der Waals surface area contributed by atoms with E-state index >= 15 is 0 Å². The van der Waals surface area contributed by atoms with Gasteiger partial charge in [-0.15, -0.1) is 0 Å². The lowest BCUT2D eigenvalue weighted by Gasteiger charge is -2.32. The summed E-state index contributed by atoms with van der Waals surface area (Å²) in [5.74, 6) is 0.643. The van der Waals surface area contributed by atoms with E-state index in [1.165, 1.54) is 0 Å². The number of aromatic nitrogens is 2. The third-order valence-corrected chi connectivity index (χ3v) is 4.64. The molecule has 3 rings (SSSR count). The van der Waals surface area contributed by atoms with Crippen LogP contribution in [0.3, 0.4) is 0 Å². The molecule has 0 saturated carbocycles. The number of halogens is 1. The summed E-state index contributed by atoms with van der Waals surface area (Å²) < 4.78 is 0. The van der Waals surface area contributed by atoms with Crippen molar-refractivity contribution in [2.45, 2.75) is 45.8 Å². The molecule has 2 atom stereocenters. The van der Waals surface area contributed by atoms with Crippen LogP contribution < -0.4 is 16.2 Å². The van der Waals surface area contributed by atoms with Gasteiger partial charge in [0.2, 0.25) is 0 Å². The van der Waals surface area contributed by atoms with Crippen LogP contribution in [0.5, 0.6) is 0 Å². The molecule has 0 bridgehead atoms. The lowest BCUT2D eigenvalue weighted by Crippen LogP contribution is -2.48. The highest BCUT2D eigenvalue weighted by atomic mass is 35.5. The number of hydrogen-bond acceptors (Lipinski definition) is 4. The van der Waals surface area contributed by atoms with E-state index in [9.17, 15) is 4.79 Å². The fourth-order valence-electron chi connectivity index (χ4n) is 3.31. The largest absolute Gasteiger partial charge is 0.312 e. The number of rotatable bonds is 3. The normalized spacial score (nSPS) is 21.9. The molecule has 1 aromatic heterocycles. The van der Waals surface area contributed by atoms with E-state index in [0.29, 0.717) is 40.4 Å². The highest BCUT2D eigenvalue weighted by Gasteiger charge is 2.35. The van der Waals surface area contributed by atoms with Crippen molar-refractivity contribution in [3.8, 4) is 0 Å². The van der Waals surface area contributed by atoms with E-state index in [0.717, 1.165) is 13.0 Å². The molecule has 6 heteroatoms. The van der Waals surface area contributed by atoms with E-state index in [1.807, 2.05) is 0 Å². The minimum Gasteiger partial charge on any atom is -0.312 e. The van der Waals surface area contributed by atoms with E-state index in [2.05, 4.69) is 41.4 Å². The van der Waals surface area contributed by atoms with E-state index in [-0.39, 0.29) is 11.0 Å². The average molecular weight is 335 g/mol. The summed E-state index contributed by atoms with van der Waals surface area (Å²) in [6.07, 6.45) is 1.07. The van der Waals surface area contributed by atoms with E-state index in [4.69, 9.17) is 11.6 Å². The third-order valence-electron chi connectivity index (χ3n) is 4.40. The van der Waals surface area contributed by atoms with Crippen molar-refractivity contribution in [3.05, 3.63) is 39.4 Å². The van der Waals surface area contributed by atoms with Crippen LogP contribution in [-0.2, 0) is 6.54 Å². The fourth-order valence-corrected chi connectivity index (χ4v) is 3.47. The Hall–Kier alpha value is -1.43. The van der Waals surface area contributed by atoms with Crippen LogP contribution >= 0.6 is 11.6 Å². The molecule has 0 aliphatic carbocycles. The summed E-state index contributed by atoms with van der Waals surface area (Å²) in [7, 11) is 0. The SMILES string of the molecule is CC(C)(C)[C@@H]1NCC[C@H]1NCc1nc2cc(Cl)ccc2c(=O)[nH]1. The Morgan fingerprint density at radius 1 is 1.39 bits per heavy atom. The number of benzene rings is 1. The summed E-state index contributed by atoms with van der Waals surface area (Å²) >= 11 is 6.00. The number of H-pyrrole nitrogens is 1. The Bertz CT molecular complexity index is 765. The van der Waals surface area contributed by atoms with Gasteiger partial charge < -0.3 is 15.6 Å². The first kappa shape index (κ1) is 16.4. The topological polar surface area (TPSA) is 69.8 Å². The van der Waals surface area contributed by atoms with E-state index < -0.39 is 0 Å². The molecule has 124 valence electrons. The van der Waals surface area contributed by atoms with Gasteiger partial charge in [0.1, 0.15) is 5.82 Å². The predicted molar refractivity (Wildman–Crippen MR) is 93.9 cm³/mol. The van der Waals surface area contributed by atoms with Crippen molar-refractivity contribution in [1.82, 2.24) is 20.6 Å². The summed E-state index contributed by atoms with van der Waals surface area (Å²) in [5.41, 5.74) is 0.696. The van der Waals surface area contributed by atoms with Gasteiger partial charge in [0.05, 0.1) is 17.4 Å². The Morgan fingerprint density at radius 3 is 2.91 bits per heavy atom. The summed E-state index contributed by atoms with van der Waals surface area (Å²) in [6, 6.07) is 5.91. The maximum absolute atomic E-state index is 12.2. The Balaban J connectivity index is 1.78. The molecule has 0 spiro atoms. The van der Waals surface area contributed by atoms with Gasteiger partial charge in [0.15, 0.2) is 0 Å². The van der Waals surface area contributed by atoms with Crippen LogP contribution in [0, 0.1) is 5.41 Å². The van der Waals surface area contributed by atoms with Crippen molar-refractivity contribution in [2.24, 2.45) is 5.41 Å². The first-order valence-electron chi connectivity index (χ1n) is 8.00. The molecular weight excluding hydrogens is 312 g/mol. The summed E-state index contributed by atoms with van der Waals surface area (Å²) in [6.45, 7) is 8.27. The van der Waals surface area contributed by atoms with Crippen LogP contribution in [0.2, 0.25) is 5.02 Å². The maximum Gasteiger partial charge on any atom is 0.258 e. The lowest BCUT2D eigenvalue weighted by molar-refractivity contribution is 0.251. The first-order valence-corrected chi connectivity index (χ1v) is 8.37. The molecule has 2 aromatic rings. The van der Waals surface area contributed by atoms with Crippen LogP contribution in [0.1, 0.15) is 33.0 Å². The van der Waals surface area contributed by atoms with Crippen LogP contribution in [0.25, 0.3) is 10.9 Å². The third kappa shape index (κ3) is 3.57. The van der Waals surface area contributed by atoms with Crippen LogP contribution in [-0.4, -0.2) is 28.6 Å². The van der Waals surface area contributed by atoms with Crippen molar-refractivity contribution in [2.75, 3.05) is 6.54 Å². The smallest absolute Gasteiger partial charge is 0.258 e. The minimum absolute atomic E-state index is 0.125. The highest BCUT2D eigenvalue weighted by Crippen LogP contribution is 2.26. The van der Waals surface area contributed by atoms with Gasteiger partial charge in [-0.3, -0.25) is 4.79 Å². The first-order chi connectivity index (χ1) is 10.8. The molecule has 1 aliphatic heterocycles. The summed E-state index contributed by atoms with van der Waals surface area (Å²) in [5, 5.41) is 8.24. The van der Waals surface area contributed by atoms with Crippen LogP contribution in [0.15, 0.2) is 23.0 Å². The zero-order valence-corrected chi connectivity index (χ0v) is 14.5. The molecule has 0 radical (unpaired) electrons. The number of hydrogen-bond donors (Lipinski definition) is 3. The molecular formula is C17H23ClN4O. The summed E-state index contributed by atoms with van der Waals surface area (Å²) in [4.78, 5) is 19.5. The quantitative estimate of drug-likeness (QED) is 0.806. The standard InChI is InChI=1S/C17H23ClN4O/c1-17(2,3)15-12(6-7-19-15)20-9-14-21-13-8-10(18)4-5-11(13)16(23)22-14/h4-5,8,12,15,19-20H,6-7,9H2,1-3H3,(H,21,22,23)/t12-,15-/m1/s1. The number of aromatic amines is 1. The Labute approximate surface area is 140 Å². The van der Waals surface area contributed by atoms with Crippen LogP contribution in [0.4, 0.5) is 0 Å². The molecule has 3 N–H and O–H groups in total. The van der Waals surface area contributed by atoms with Gasteiger partial charge in [0.25, 0.3) is 5.56 Å². The molecule has 1 saturated heterocycles. The minimum atomic E-state index is -0.125. The van der Waals surface area contributed by atoms with Crippen molar-refractivity contribution >= 4 is 22.5 Å². The lowest BCUT2D eigenvalue weighted by atomic mass is 9.83. The zero-order chi connectivity index (χ0) is 16.6. The molecule has 23 heavy (non-hydrogen) atoms. The van der Waals surface area contributed by atoms with Crippen molar-refractivity contribution in [3.63, 3.8) is 0 Å². The van der Waals surface area contributed by atoms with Crippen molar-refractivity contribution < 1.29 is 0 Å². The molecule has 0 amide bonds. The molecule has 5 nitrogen and oxygen atoms in total. The second-order valence-corrected chi connectivity index (χ2v) is 7.68. The van der Waals surface area contributed by atoms with Crippen molar-refractivity contribution in [1.29, 1.82) is 0 Å². The molecule has 2 heterocycles. The average Bonchev–Trinajstić information content (AvgIpc) is 2.93. The van der Waals surface area contributed by atoms with Gasteiger partial charge in [0, 0.05) is 17.1 Å². The predicted octanol–water partition coefficient (Wildman–Crippen LogP) is 2.44. The Morgan fingerprint density at radius 2 is 2.17 bits per heavy atom. The molecule has 0 unspecified atom stereocenters. The maximum atomic E-state index is 12.2. The second kappa shape index (κ2) is 6.23. The zero-order valence-electron chi connectivity index (χ0n) is 13.7. The number of fused-ring (bicyclic) bond motifs is 1. The second-order valence-electron chi connectivity index (χ2n) is 7.25. The van der Waals surface area contributed by atoms with Gasteiger partial charge >= 0.3 is 0 Å². The van der Waals surface area contributed by atoms with Gasteiger partial charge in [-0.05, 0) is 36.6 Å². The van der Waals surface area contributed by atoms with Gasteiger partial charge in [-0.25, -0.2) is 4.98 Å². The number of nitrogens with zero attached hydrogens (tertiary/aromatic N) is 1. The molecule has 1 aromatic carbocycles. The van der Waals surface area contributed by atoms with Gasteiger partial charge in [-0.1, -0.05) is 32.4 Å². The Kier molecular flexibility index (Phi) is 4.45. The molecule has 1 aliphatic rings. The highest BCUT2D eigenvalue weighted by molar-refractivity contribution is 6.31. The fraction of sp³-hybridized carbons (Fsp3) is 0.529. The van der Waals surface area contributed by atoms with E-state index in [1.54, 1.807) is 18.2 Å². The number of nitrogens with one attached hydrogen (secondary N) is 3. The monoisotopic (exact) mass is 334 g/mol. The molecule has 1 fully saturated rings. The van der Waals surface area contributed by atoms with Gasteiger partial charge in [-0.2, -0.15) is 0 Å².